The Morgan fingerprint density at radius 1 is 1.29 bits per heavy atom. The second-order valence-electron chi connectivity index (χ2n) is 5.39. The maximum Gasteiger partial charge on any atom is 0.0641 e. The number of nitrogens with one attached hydrogen (secondary N) is 1. The van der Waals surface area contributed by atoms with Crippen LogP contribution in [0.25, 0.3) is 0 Å². The summed E-state index contributed by atoms with van der Waals surface area (Å²) < 4.78 is 5.69. The molecule has 0 aromatic carbocycles. The molecule has 1 unspecified atom stereocenters. The third kappa shape index (κ3) is 2.47. The van der Waals surface area contributed by atoms with Crippen molar-refractivity contribution < 1.29 is 4.74 Å². The van der Waals surface area contributed by atoms with E-state index in [-0.39, 0.29) is 5.60 Å². The maximum absolute atomic E-state index is 5.76. The quantitative estimate of drug-likeness (QED) is 0.696. The zero-order valence-electron chi connectivity index (χ0n) is 9.25. The molecule has 3 heteroatoms. The van der Waals surface area contributed by atoms with Gasteiger partial charge < -0.3 is 15.8 Å². The highest BCUT2D eigenvalue weighted by Gasteiger charge is 2.33. The summed E-state index contributed by atoms with van der Waals surface area (Å²) in [6, 6.07) is 1.75. The van der Waals surface area contributed by atoms with Crippen LogP contribution in [0.4, 0.5) is 0 Å². The van der Waals surface area contributed by atoms with E-state index in [0.29, 0.717) is 18.1 Å². The van der Waals surface area contributed by atoms with Crippen molar-refractivity contribution in [3.8, 4) is 0 Å². The van der Waals surface area contributed by atoms with Gasteiger partial charge in [0.1, 0.15) is 0 Å². The standard InChI is InChI=1S/C11H22N2O/c1-11(2)7-9(3-4-14-11)13-10-5-8(12)6-10/h8-10,13H,3-7,12H2,1-2H3. The third-order valence-corrected chi connectivity index (χ3v) is 3.34. The zero-order valence-corrected chi connectivity index (χ0v) is 9.25. The summed E-state index contributed by atoms with van der Waals surface area (Å²) in [6.07, 6.45) is 4.57. The summed E-state index contributed by atoms with van der Waals surface area (Å²) in [4.78, 5) is 0. The van der Waals surface area contributed by atoms with E-state index in [1.54, 1.807) is 0 Å². The van der Waals surface area contributed by atoms with E-state index in [4.69, 9.17) is 10.5 Å². The largest absolute Gasteiger partial charge is 0.375 e. The van der Waals surface area contributed by atoms with Crippen LogP contribution in [0.5, 0.6) is 0 Å². The predicted molar refractivity (Wildman–Crippen MR) is 57.2 cm³/mol. The van der Waals surface area contributed by atoms with Crippen molar-refractivity contribution in [1.29, 1.82) is 0 Å². The van der Waals surface area contributed by atoms with Crippen LogP contribution in [0, 0.1) is 0 Å². The van der Waals surface area contributed by atoms with Gasteiger partial charge in [-0.1, -0.05) is 0 Å². The number of rotatable bonds is 2. The molecule has 0 aromatic rings. The predicted octanol–water partition coefficient (Wildman–Crippen LogP) is 1.02. The van der Waals surface area contributed by atoms with Gasteiger partial charge in [0.2, 0.25) is 0 Å². The van der Waals surface area contributed by atoms with Crippen molar-refractivity contribution in [3.05, 3.63) is 0 Å². The Hall–Kier alpha value is -0.120. The summed E-state index contributed by atoms with van der Waals surface area (Å²) in [5, 5.41) is 3.68. The molecule has 3 N–H and O–H groups in total. The first kappa shape index (κ1) is 10.4. The van der Waals surface area contributed by atoms with Crippen molar-refractivity contribution in [2.24, 2.45) is 5.73 Å². The number of nitrogens with two attached hydrogens (primary N) is 1. The lowest BCUT2D eigenvalue weighted by molar-refractivity contribution is -0.0654. The van der Waals surface area contributed by atoms with Crippen LogP contribution >= 0.6 is 0 Å². The molecule has 1 saturated heterocycles. The molecule has 1 saturated carbocycles. The van der Waals surface area contributed by atoms with E-state index in [2.05, 4.69) is 19.2 Å². The fourth-order valence-corrected chi connectivity index (χ4v) is 2.51. The van der Waals surface area contributed by atoms with E-state index in [1.165, 1.54) is 0 Å². The molecule has 0 aromatic heterocycles. The Labute approximate surface area is 86.4 Å². The van der Waals surface area contributed by atoms with Crippen molar-refractivity contribution in [2.75, 3.05) is 6.61 Å². The molecule has 0 amide bonds. The first-order chi connectivity index (χ1) is 6.55. The summed E-state index contributed by atoms with van der Waals surface area (Å²) in [7, 11) is 0. The summed E-state index contributed by atoms with van der Waals surface area (Å²) in [5.74, 6) is 0. The molecule has 1 aliphatic heterocycles. The molecule has 14 heavy (non-hydrogen) atoms. The maximum atomic E-state index is 5.76. The van der Waals surface area contributed by atoms with Gasteiger partial charge in [0.25, 0.3) is 0 Å². The van der Waals surface area contributed by atoms with Crippen LogP contribution in [0.1, 0.15) is 39.5 Å². The van der Waals surface area contributed by atoms with E-state index >= 15 is 0 Å². The molecule has 1 heterocycles. The van der Waals surface area contributed by atoms with Crippen LogP contribution in [-0.2, 0) is 4.74 Å². The molecule has 2 rings (SSSR count). The summed E-state index contributed by atoms with van der Waals surface area (Å²) >= 11 is 0. The van der Waals surface area contributed by atoms with Crippen LogP contribution in [-0.4, -0.2) is 30.3 Å². The molecular weight excluding hydrogens is 176 g/mol. The Balaban J connectivity index is 1.75. The van der Waals surface area contributed by atoms with Crippen LogP contribution in [0.3, 0.4) is 0 Å². The van der Waals surface area contributed by atoms with Crippen LogP contribution in [0.2, 0.25) is 0 Å². The lowest BCUT2D eigenvalue weighted by Gasteiger charge is -2.41. The van der Waals surface area contributed by atoms with Crippen molar-refractivity contribution in [3.63, 3.8) is 0 Å². The molecule has 1 atom stereocenters. The monoisotopic (exact) mass is 198 g/mol. The molecule has 2 aliphatic rings. The lowest BCUT2D eigenvalue weighted by atomic mass is 9.85. The smallest absolute Gasteiger partial charge is 0.0641 e. The van der Waals surface area contributed by atoms with Gasteiger partial charge in [-0.2, -0.15) is 0 Å². The molecule has 82 valence electrons. The average molecular weight is 198 g/mol. The van der Waals surface area contributed by atoms with Crippen molar-refractivity contribution >= 4 is 0 Å². The Kier molecular flexibility index (Phi) is 2.82. The highest BCUT2D eigenvalue weighted by atomic mass is 16.5. The van der Waals surface area contributed by atoms with Gasteiger partial charge in [-0.15, -0.1) is 0 Å². The molecular formula is C11H22N2O. The fraction of sp³-hybridized carbons (Fsp3) is 1.00. The second-order valence-corrected chi connectivity index (χ2v) is 5.39. The molecule has 3 nitrogen and oxygen atoms in total. The van der Waals surface area contributed by atoms with Gasteiger partial charge in [-0.05, 0) is 39.5 Å². The van der Waals surface area contributed by atoms with Gasteiger partial charge in [-0.25, -0.2) is 0 Å². The first-order valence-corrected chi connectivity index (χ1v) is 5.71. The highest BCUT2D eigenvalue weighted by molar-refractivity contribution is 4.92. The van der Waals surface area contributed by atoms with Crippen LogP contribution in [0.15, 0.2) is 0 Å². The minimum Gasteiger partial charge on any atom is -0.375 e. The first-order valence-electron chi connectivity index (χ1n) is 5.71. The zero-order chi connectivity index (χ0) is 10.2. The lowest BCUT2D eigenvalue weighted by Crippen LogP contribution is -2.54. The van der Waals surface area contributed by atoms with Gasteiger partial charge in [0.05, 0.1) is 5.60 Å². The van der Waals surface area contributed by atoms with E-state index in [1.807, 2.05) is 0 Å². The third-order valence-electron chi connectivity index (χ3n) is 3.34. The van der Waals surface area contributed by atoms with Crippen molar-refractivity contribution in [2.45, 2.75) is 63.3 Å². The van der Waals surface area contributed by atoms with Gasteiger partial charge in [0.15, 0.2) is 0 Å². The topological polar surface area (TPSA) is 47.3 Å². The molecule has 1 aliphatic carbocycles. The van der Waals surface area contributed by atoms with Crippen molar-refractivity contribution in [1.82, 2.24) is 5.32 Å². The normalized spacial score (nSPS) is 41.8. The number of hydrogen-bond acceptors (Lipinski definition) is 3. The van der Waals surface area contributed by atoms with Gasteiger partial charge >= 0.3 is 0 Å². The average Bonchev–Trinajstić information content (AvgIpc) is 1.99. The number of hydrogen-bond donors (Lipinski definition) is 2. The Bertz CT molecular complexity index is 199. The van der Waals surface area contributed by atoms with Gasteiger partial charge in [0, 0.05) is 24.7 Å². The highest BCUT2D eigenvalue weighted by Crippen LogP contribution is 2.26. The molecule has 2 fully saturated rings. The van der Waals surface area contributed by atoms with E-state index in [0.717, 1.165) is 32.3 Å². The van der Waals surface area contributed by atoms with Gasteiger partial charge in [-0.3, -0.25) is 0 Å². The summed E-state index contributed by atoms with van der Waals surface area (Å²) in [6.45, 7) is 5.24. The molecule has 0 spiro atoms. The minimum absolute atomic E-state index is 0.0573. The Morgan fingerprint density at radius 2 is 2.00 bits per heavy atom. The van der Waals surface area contributed by atoms with E-state index < -0.39 is 0 Å². The second kappa shape index (κ2) is 3.80. The number of ether oxygens (including phenoxy) is 1. The Morgan fingerprint density at radius 3 is 2.57 bits per heavy atom. The minimum atomic E-state index is 0.0573. The SMILES string of the molecule is CC1(C)CC(NC2CC(N)C2)CCO1. The summed E-state index contributed by atoms with van der Waals surface area (Å²) in [5.41, 5.74) is 5.82. The fourth-order valence-electron chi connectivity index (χ4n) is 2.51. The molecule has 0 radical (unpaired) electrons. The van der Waals surface area contributed by atoms with Crippen LogP contribution < -0.4 is 11.1 Å². The van der Waals surface area contributed by atoms with E-state index in [9.17, 15) is 0 Å². The molecule has 0 bridgehead atoms.